The Balaban J connectivity index is 1.53. The van der Waals surface area contributed by atoms with Crippen molar-refractivity contribution in [3.8, 4) is 5.75 Å². The average Bonchev–Trinajstić information content (AvgIpc) is 3.26. The van der Waals surface area contributed by atoms with Gasteiger partial charge in [-0.05, 0) is 65.4 Å². The molecule has 0 saturated heterocycles. The SMILES string of the molecule is O=S([O-])c1ccccc1C1=C2C=CCC=C2Oc2cc(N3CCc4ccccc43)ccc21. The third kappa shape index (κ3) is 3.05. The molecule has 3 aromatic rings. The van der Waals surface area contributed by atoms with E-state index >= 15 is 0 Å². The molecular weight excluding hydrogens is 418 g/mol. The Morgan fingerprint density at radius 3 is 2.72 bits per heavy atom. The van der Waals surface area contributed by atoms with Crippen molar-refractivity contribution in [1.29, 1.82) is 0 Å². The molecule has 0 fully saturated rings. The normalized spacial score (nSPS) is 17.3. The van der Waals surface area contributed by atoms with Gasteiger partial charge in [0.2, 0.25) is 0 Å². The van der Waals surface area contributed by atoms with Gasteiger partial charge in [0, 0.05) is 45.6 Å². The number of rotatable bonds is 3. The van der Waals surface area contributed by atoms with E-state index < -0.39 is 11.1 Å². The van der Waals surface area contributed by atoms with E-state index in [9.17, 15) is 8.76 Å². The number of para-hydroxylation sites is 1. The van der Waals surface area contributed by atoms with Gasteiger partial charge in [-0.25, -0.2) is 0 Å². The molecule has 0 spiro atoms. The van der Waals surface area contributed by atoms with Gasteiger partial charge in [0.05, 0.1) is 0 Å². The number of ether oxygens (including phenoxy) is 1. The number of fused-ring (bicyclic) bond motifs is 3. The van der Waals surface area contributed by atoms with Crippen molar-refractivity contribution in [3.05, 3.63) is 113 Å². The van der Waals surface area contributed by atoms with E-state index in [4.69, 9.17) is 4.74 Å². The summed E-state index contributed by atoms with van der Waals surface area (Å²) in [5, 5.41) is 0. The van der Waals surface area contributed by atoms with E-state index in [0.29, 0.717) is 10.5 Å². The summed E-state index contributed by atoms with van der Waals surface area (Å²) >= 11 is -2.34. The average molecular weight is 439 g/mol. The van der Waals surface area contributed by atoms with Gasteiger partial charge in [0.25, 0.3) is 0 Å². The molecule has 3 aliphatic rings. The largest absolute Gasteiger partial charge is 0.768 e. The number of hydrogen-bond donors (Lipinski definition) is 0. The Bertz CT molecular complexity index is 1370. The van der Waals surface area contributed by atoms with Gasteiger partial charge < -0.3 is 14.2 Å². The molecule has 4 nitrogen and oxygen atoms in total. The van der Waals surface area contributed by atoms with Gasteiger partial charge >= 0.3 is 0 Å². The molecule has 158 valence electrons. The molecule has 0 saturated carbocycles. The van der Waals surface area contributed by atoms with Gasteiger partial charge in [-0.3, -0.25) is 4.21 Å². The van der Waals surface area contributed by atoms with Gasteiger partial charge in [-0.1, -0.05) is 48.6 Å². The van der Waals surface area contributed by atoms with Crippen LogP contribution in [0.25, 0.3) is 5.57 Å². The third-order valence-corrected chi connectivity index (χ3v) is 6.96. The first-order chi connectivity index (χ1) is 15.7. The molecule has 32 heavy (non-hydrogen) atoms. The van der Waals surface area contributed by atoms with Crippen molar-refractivity contribution < 1.29 is 13.5 Å². The Morgan fingerprint density at radius 2 is 1.81 bits per heavy atom. The van der Waals surface area contributed by atoms with Crippen LogP contribution >= 0.6 is 0 Å². The minimum Gasteiger partial charge on any atom is -0.768 e. The molecule has 0 aromatic heterocycles. The molecule has 2 heterocycles. The summed E-state index contributed by atoms with van der Waals surface area (Å²) in [5.74, 6) is 1.53. The predicted octanol–water partition coefficient (Wildman–Crippen LogP) is 5.66. The lowest BCUT2D eigenvalue weighted by molar-refractivity contribution is 0.429. The molecule has 6 rings (SSSR count). The molecular formula is C27H20NO3S-. The van der Waals surface area contributed by atoms with E-state index in [2.05, 4.69) is 53.4 Å². The topological polar surface area (TPSA) is 52.6 Å². The molecule has 0 amide bonds. The molecule has 0 radical (unpaired) electrons. The van der Waals surface area contributed by atoms with Gasteiger partial charge in [0.15, 0.2) is 0 Å². The molecule has 1 aliphatic carbocycles. The molecule has 0 N–H and O–H groups in total. The summed E-state index contributed by atoms with van der Waals surface area (Å²) in [6.07, 6.45) is 7.95. The van der Waals surface area contributed by atoms with Crippen LogP contribution < -0.4 is 9.64 Å². The van der Waals surface area contributed by atoms with Crippen molar-refractivity contribution >= 4 is 28.0 Å². The molecule has 2 aliphatic heterocycles. The third-order valence-electron chi connectivity index (χ3n) is 6.25. The van der Waals surface area contributed by atoms with Crippen LogP contribution in [0, 0.1) is 0 Å². The highest BCUT2D eigenvalue weighted by Gasteiger charge is 2.28. The van der Waals surface area contributed by atoms with Crippen LogP contribution in [0.2, 0.25) is 0 Å². The monoisotopic (exact) mass is 438 g/mol. The lowest BCUT2D eigenvalue weighted by Crippen LogP contribution is -2.16. The van der Waals surface area contributed by atoms with Crippen LogP contribution in [0.3, 0.4) is 0 Å². The van der Waals surface area contributed by atoms with Crippen LogP contribution in [0.1, 0.15) is 23.1 Å². The molecule has 1 atom stereocenters. The predicted molar refractivity (Wildman–Crippen MR) is 126 cm³/mol. The number of anilines is 2. The second kappa shape index (κ2) is 7.62. The lowest BCUT2D eigenvalue weighted by Gasteiger charge is -2.29. The number of hydrogen-bond acceptors (Lipinski definition) is 4. The first-order valence-electron chi connectivity index (χ1n) is 10.7. The van der Waals surface area contributed by atoms with E-state index in [-0.39, 0.29) is 0 Å². The summed E-state index contributed by atoms with van der Waals surface area (Å²) in [5.41, 5.74) is 7.05. The Labute approximate surface area is 189 Å². The Morgan fingerprint density at radius 1 is 0.969 bits per heavy atom. The fourth-order valence-corrected chi connectivity index (χ4v) is 5.34. The van der Waals surface area contributed by atoms with Gasteiger partial charge in [0.1, 0.15) is 11.5 Å². The quantitative estimate of drug-likeness (QED) is 0.496. The first-order valence-corrected chi connectivity index (χ1v) is 11.8. The van der Waals surface area contributed by atoms with Crippen LogP contribution in [0.4, 0.5) is 11.4 Å². The highest BCUT2D eigenvalue weighted by molar-refractivity contribution is 7.79. The van der Waals surface area contributed by atoms with Crippen LogP contribution in [-0.2, 0) is 17.5 Å². The van der Waals surface area contributed by atoms with E-state index in [1.54, 1.807) is 12.1 Å². The van der Waals surface area contributed by atoms with E-state index in [1.165, 1.54) is 11.3 Å². The fraction of sp³-hybridized carbons (Fsp3) is 0.111. The molecule has 3 aromatic carbocycles. The summed E-state index contributed by atoms with van der Waals surface area (Å²) < 4.78 is 30.3. The van der Waals surface area contributed by atoms with E-state index in [0.717, 1.165) is 53.3 Å². The van der Waals surface area contributed by atoms with Crippen LogP contribution in [0.15, 0.2) is 101 Å². The minimum absolute atomic E-state index is 0.290. The first kappa shape index (κ1) is 19.3. The number of nitrogens with zero attached hydrogens (tertiary/aromatic N) is 1. The number of benzene rings is 3. The zero-order chi connectivity index (χ0) is 21.7. The maximum Gasteiger partial charge on any atom is 0.137 e. The van der Waals surface area contributed by atoms with Gasteiger partial charge in [-0.2, -0.15) is 0 Å². The van der Waals surface area contributed by atoms with Gasteiger partial charge in [-0.15, -0.1) is 0 Å². The summed E-state index contributed by atoms with van der Waals surface area (Å²) in [7, 11) is 0. The summed E-state index contributed by atoms with van der Waals surface area (Å²) in [4.78, 5) is 2.60. The van der Waals surface area contributed by atoms with Crippen molar-refractivity contribution in [1.82, 2.24) is 0 Å². The number of allylic oxidation sites excluding steroid dienone is 3. The van der Waals surface area contributed by atoms with Crippen LogP contribution in [-0.4, -0.2) is 15.3 Å². The van der Waals surface area contributed by atoms with Crippen molar-refractivity contribution in [2.45, 2.75) is 17.7 Å². The highest BCUT2D eigenvalue weighted by atomic mass is 32.2. The summed E-state index contributed by atoms with van der Waals surface area (Å²) in [6.45, 7) is 0.926. The standard InChI is InChI=1S/C27H21NO3S/c29-32(30)26-12-6-3-9-22(26)27-20-8-2-5-11-24(20)31-25-17-19(13-14-21(25)27)28-16-15-18-7-1-4-10-23(18)28/h1-4,6-14,17H,5,15-16H2,(H,29,30)/p-1. The Kier molecular flexibility index (Phi) is 4.59. The second-order valence-corrected chi connectivity index (χ2v) is 8.95. The van der Waals surface area contributed by atoms with Crippen molar-refractivity contribution in [2.75, 3.05) is 11.4 Å². The van der Waals surface area contributed by atoms with E-state index in [1.807, 2.05) is 24.3 Å². The Hall–Kier alpha value is -3.41. The molecule has 1 unspecified atom stereocenters. The van der Waals surface area contributed by atoms with Crippen molar-refractivity contribution in [3.63, 3.8) is 0 Å². The highest BCUT2D eigenvalue weighted by Crippen LogP contribution is 2.46. The molecule has 0 bridgehead atoms. The van der Waals surface area contributed by atoms with Crippen molar-refractivity contribution in [2.24, 2.45) is 0 Å². The zero-order valence-electron chi connectivity index (χ0n) is 17.3. The maximum atomic E-state index is 12.0. The molecule has 5 heteroatoms. The fourth-order valence-electron chi connectivity index (χ4n) is 4.80. The second-order valence-electron chi connectivity index (χ2n) is 8.04. The lowest BCUT2D eigenvalue weighted by atomic mass is 9.87. The maximum absolute atomic E-state index is 12.0. The smallest absolute Gasteiger partial charge is 0.137 e. The van der Waals surface area contributed by atoms with Crippen LogP contribution in [0.5, 0.6) is 5.75 Å². The zero-order valence-corrected chi connectivity index (χ0v) is 18.1. The minimum atomic E-state index is -2.34. The summed E-state index contributed by atoms with van der Waals surface area (Å²) in [6, 6.07) is 21.8.